The van der Waals surface area contributed by atoms with E-state index in [9.17, 15) is 19.8 Å². The lowest BCUT2D eigenvalue weighted by Crippen LogP contribution is -2.62. The third-order valence-electron chi connectivity index (χ3n) is 8.49. The average Bonchev–Trinajstić information content (AvgIpc) is 2.87. The van der Waals surface area contributed by atoms with Crippen molar-refractivity contribution in [1.29, 1.82) is 0 Å². The van der Waals surface area contributed by atoms with Gasteiger partial charge in [0.1, 0.15) is 0 Å². The summed E-state index contributed by atoms with van der Waals surface area (Å²) in [5.74, 6) is -0.0241. The molecule has 0 saturated heterocycles. The highest BCUT2D eigenvalue weighted by Crippen LogP contribution is 2.67. The van der Waals surface area contributed by atoms with Crippen LogP contribution in [0, 0.1) is 34.5 Å². The number of esters is 1. The van der Waals surface area contributed by atoms with E-state index in [4.69, 9.17) is 4.74 Å². The molecule has 5 heteroatoms. The van der Waals surface area contributed by atoms with E-state index in [1.165, 1.54) is 7.11 Å². The molecule has 8 unspecified atom stereocenters. The third-order valence-corrected chi connectivity index (χ3v) is 8.49. The number of allylic oxidation sites excluding steroid dienone is 4. The highest BCUT2D eigenvalue weighted by Gasteiger charge is 2.69. The van der Waals surface area contributed by atoms with Gasteiger partial charge >= 0.3 is 5.97 Å². The van der Waals surface area contributed by atoms with Gasteiger partial charge in [-0.2, -0.15) is 0 Å². The van der Waals surface area contributed by atoms with Gasteiger partial charge in [-0.15, -0.1) is 0 Å². The van der Waals surface area contributed by atoms with Crippen molar-refractivity contribution >= 4 is 11.8 Å². The minimum Gasteiger partial charge on any atom is -0.467 e. The van der Waals surface area contributed by atoms with Crippen LogP contribution >= 0.6 is 0 Å². The topological polar surface area (TPSA) is 83.8 Å². The summed E-state index contributed by atoms with van der Waals surface area (Å²) in [7, 11) is 1.31. The number of ether oxygens (including phenoxy) is 1. The minimum atomic E-state index is -1.54. The van der Waals surface area contributed by atoms with Gasteiger partial charge in [0, 0.05) is 16.7 Å². The second-order valence-electron chi connectivity index (χ2n) is 9.63. The van der Waals surface area contributed by atoms with Crippen LogP contribution in [0.5, 0.6) is 0 Å². The van der Waals surface area contributed by atoms with E-state index >= 15 is 0 Å². The Kier molecular flexibility index (Phi) is 4.04. The molecule has 0 bridgehead atoms. The molecular formula is C22H30O5. The van der Waals surface area contributed by atoms with Crippen LogP contribution in [0.15, 0.2) is 23.8 Å². The van der Waals surface area contributed by atoms with Crippen LogP contribution in [0.4, 0.5) is 0 Å². The van der Waals surface area contributed by atoms with Crippen LogP contribution in [-0.4, -0.2) is 40.8 Å². The van der Waals surface area contributed by atoms with Gasteiger partial charge in [0.2, 0.25) is 0 Å². The zero-order chi connectivity index (χ0) is 19.8. The first kappa shape index (κ1) is 18.9. The van der Waals surface area contributed by atoms with Gasteiger partial charge in [-0.3, -0.25) is 4.79 Å². The molecule has 0 radical (unpaired) electrons. The van der Waals surface area contributed by atoms with E-state index in [-0.39, 0.29) is 34.9 Å². The number of ketones is 1. The molecule has 0 aromatic carbocycles. The Balaban J connectivity index is 1.78. The van der Waals surface area contributed by atoms with E-state index in [0.29, 0.717) is 12.8 Å². The van der Waals surface area contributed by atoms with Crippen LogP contribution in [0.1, 0.15) is 46.5 Å². The second kappa shape index (κ2) is 5.77. The molecule has 27 heavy (non-hydrogen) atoms. The van der Waals surface area contributed by atoms with E-state index < -0.39 is 23.1 Å². The summed E-state index contributed by atoms with van der Waals surface area (Å²) in [6, 6.07) is 0. The van der Waals surface area contributed by atoms with Crippen LogP contribution in [-0.2, 0) is 14.3 Å². The maximum Gasteiger partial charge on any atom is 0.338 e. The molecular weight excluding hydrogens is 344 g/mol. The number of methoxy groups -OCH3 is 1. The Morgan fingerprint density at radius 2 is 2.04 bits per heavy atom. The summed E-state index contributed by atoms with van der Waals surface area (Å²) >= 11 is 0. The van der Waals surface area contributed by atoms with Gasteiger partial charge in [0.05, 0.1) is 13.2 Å². The molecule has 2 N–H and O–H groups in total. The largest absolute Gasteiger partial charge is 0.467 e. The van der Waals surface area contributed by atoms with Gasteiger partial charge < -0.3 is 14.9 Å². The standard InChI is InChI=1S/C22H30O5/c1-12-9-14-15-6-8-22(26,19(25)27-4)21(15,3)11-17(24)18(14)20(2)7-5-13(23)10-16(12)20/h5,7,10,12,14-15,17-18,24,26H,6,8-9,11H2,1-4H3. The predicted octanol–water partition coefficient (Wildman–Crippen LogP) is 2.42. The SMILES string of the molecule is COC(=O)C1(O)CCC2C3CC(C)C4=CC(=O)C=CC4(C)C3C(O)CC21C. The van der Waals surface area contributed by atoms with Crippen molar-refractivity contribution in [3.05, 3.63) is 23.8 Å². The Morgan fingerprint density at radius 1 is 1.33 bits per heavy atom. The summed E-state index contributed by atoms with van der Waals surface area (Å²) in [5, 5.41) is 22.5. The molecule has 0 aliphatic heterocycles. The van der Waals surface area contributed by atoms with Gasteiger partial charge in [-0.25, -0.2) is 4.79 Å². The van der Waals surface area contributed by atoms with Crippen molar-refractivity contribution in [1.82, 2.24) is 0 Å². The van der Waals surface area contributed by atoms with E-state index in [1.54, 1.807) is 12.2 Å². The highest BCUT2D eigenvalue weighted by atomic mass is 16.5. The fraction of sp³-hybridized carbons (Fsp3) is 0.727. The highest BCUT2D eigenvalue weighted by molar-refractivity contribution is 6.01. The van der Waals surface area contributed by atoms with Crippen molar-refractivity contribution in [3.63, 3.8) is 0 Å². The maximum atomic E-state index is 12.4. The quantitative estimate of drug-likeness (QED) is 0.689. The monoisotopic (exact) mass is 374 g/mol. The average molecular weight is 374 g/mol. The van der Waals surface area contributed by atoms with Crippen LogP contribution in [0.3, 0.4) is 0 Å². The fourth-order valence-electron chi connectivity index (χ4n) is 7.26. The third kappa shape index (κ3) is 2.24. The molecule has 0 amide bonds. The lowest BCUT2D eigenvalue weighted by molar-refractivity contribution is -0.195. The first-order chi connectivity index (χ1) is 12.6. The molecule has 0 spiro atoms. The number of fused-ring (bicyclic) bond motifs is 5. The van der Waals surface area contributed by atoms with Gasteiger partial charge in [0.15, 0.2) is 11.4 Å². The molecule has 148 valence electrons. The normalized spacial score (nSPS) is 51.1. The van der Waals surface area contributed by atoms with E-state index in [0.717, 1.165) is 18.4 Å². The summed E-state index contributed by atoms with van der Waals surface area (Å²) in [6.07, 6.45) is 7.05. The van der Waals surface area contributed by atoms with Gasteiger partial charge in [0.25, 0.3) is 0 Å². The molecule has 0 aromatic heterocycles. The molecule has 4 aliphatic rings. The number of hydrogen-bond acceptors (Lipinski definition) is 5. The first-order valence-corrected chi connectivity index (χ1v) is 10.0. The van der Waals surface area contributed by atoms with Crippen molar-refractivity contribution < 1.29 is 24.5 Å². The van der Waals surface area contributed by atoms with Crippen molar-refractivity contribution in [2.45, 2.75) is 58.2 Å². The smallest absolute Gasteiger partial charge is 0.338 e. The molecule has 3 fully saturated rings. The Hall–Kier alpha value is -1.46. The zero-order valence-corrected chi connectivity index (χ0v) is 16.6. The van der Waals surface area contributed by atoms with Crippen LogP contribution in [0.25, 0.3) is 0 Å². The molecule has 5 nitrogen and oxygen atoms in total. The summed E-state index contributed by atoms with van der Waals surface area (Å²) in [5.41, 5.74) is -1.49. The summed E-state index contributed by atoms with van der Waals surface area (Å²) in [4.78, 5) is 24.4. The lowest BCUT2D eigenvalue weighted by Gasteiger charge is -2.60. The minimum absolute atomic E-state index is 0.0117. The molecule has 4 aliphatic carbocycles. The Bertz CT molecular complexity index is 754. The number of rotatable bonds is 1. The number of hydrogen-bond donors (Lipinski definition) is 2. The zero-order valence-electron chi connectivity index (χ0n) is 16.6. The number of aliphatic hydroxyl groups is 2. The number of aliphatic hydroxyl groups excluding tert-OH is 1. The molecule has 0 heterocycles. The van der Waals surface area contributed by atoms with Gasteiger partial charge in [-0.05, 0) is 55.6 Å². The summed E-state index contributed by atoms with van der Waals surface area (Å²) < 4.78 is 4.93. The van der Waals surface area contributed by atoms with Crippen molar-refractivity contribution in [2.24, 2.45) is 34.5 Å². The molecule has 4 rings (SSSR count). The second-order valence-corrected chi connectivity index (χ2v) is 9.63. The van der Waals surface area contributed by atoms with Crippen LogP contribution in [0.2, 0.25) is 0 Å². The predicted molar refractivity (Wildman–Crippen MR) is 99.5 cm³/mol. The lowest BCUT2D eigenvalue weighted by atomic mass is 9.45. The van der Waals surface area contributed by atoms with Crippen molar-refractivity contribution in [2.75, 3.05) is 7.11 Å². The van der Waals surface area contributed by atoms with Gasteiger partial charge in [-0.1, -0.05) is 32.4 Å². The molecule has 0 aromatic rings. The van der Waals surface area contributed by atoms with E-state index in [1.807, 2.05) is 13.0 Å². The fourth-order valence-corrected chi connectivity index (χ4v) is 7.26. The summed E-state index contributed by atoms with van der Waals surface area (Å²) in [6.45, 7) is 6.22. The maximum absolute atomic E-state index is 12.4. The first-order valence-electron chi connectivity index (χ1n) is 10.0. The number of carbonyl (C=O) groups is 2. The Morgan fingerprint density at radius 3 is 2.70 bits per heavy atom. The molecule has 3 saturated carbocycles. The molecule has 8 atom stereocenters. The Labute approximate surface area is 160 Å². The van der Waals surface area contributed by atoms with E-state index in [2.05, 4.69) is 13.8 Å². The number of carbonyl (C=O) groups excluding carboxylic acids is 2. The van der Waals surface area contributed by atoms with Crippen LogP contribution < -0.4 is 0 Å². The van der Waals surface area contributed by atoms with Crippen molar-refractivity contribution in [3.8, 4) is 0 Å².